The number of nitrogens with one attached hydrogen (secondary N) is 1. The fourth-order valence-corrected chi connectivity index (χ4v) is 4.53. The Morgan fingerprint density at radius 3 is 2.29 bits per heavy atom. The first-order chi connectivity index (χ1) is 11.1. The number of esters is 1. The first-order valence-electron chi connectivity index (χ1n) is 7.31. The van der Waals surface area contributed by atoms with Gasteiger partial charge < -0.3 is 10.1 Å². The molecule has 0 saturated carbocycles. The second-order valence-electron chi connectivity index (χ2n) is 6.25. The Hall–Kier alpha value is -2.35. The summed E-state index contributed by atoms with van der Waals surface area (Å²) in [5.74, 6) is -1.29. The lowest BCUT2D eigenvalue weighted by Gasteiger charge is -2.30. The maximum absolute atomic E-state index is 13.0. The molecular formula is C16H20N2O5S. The number of amides is 1. The highest BCUT2D eigenvalue weighted by atomic mass is 32.2. The number of hydrogen-bond acceptors (Lipinski definition) is 6. The third kappa shape index (κ3) is 3.14. The van der Waals surface area contributed by atoms with E-state index in [-0.39, 0.29) is 17.1 Å². The van der Waals surface area contributed by atoms with Crippen LogP contribution in [0.3, 0.4) is 0 Å². The van der Waals surface area contributed by atoms with Crippen LogP contribution in [-0.2, 0) is 24.3 Å². The molecule has 0 aliphatic carbocycles. The molecule has 1 aromatic rings. The molecule has 1 heterocycles. The number of benzene rings is 1. The number of methoxy groups -OCH3 is 1. The minimum absolute atomic E-state index is 0.124. The lowest BCUT2D eigenvalue weighted by atomic mass is 10.1. The van der Waals surface area contributed by atoms with E-state index in [4.69, 9.17) is 0 Å². The SMILES string of the molecule is COC(=O)CNC1=C(c2ccccc2)S(=O)(=O)N(C(C)(C)C)C1=O. The molecule has 1 aliphatic heterocycles. The quantitative estimate of drug-likeness (QED) is 0.816. The summed E-state index contributed by atoms with van der Waals surface area (Å²) in [5, 5.41) is 2.62. The molecule has 1 aromatic carbocycles. The van der Waals surface area contributed by atoms with Crippen molar-refractivity contribution in [1.29, 1.82) is 0 Å². The maximum atomic E-state index is 13.0. The molecule has 24 heavy (non-hydrogen) atoms. The molecule has 0 atom stereocenters. The van der Waals surface area contributed by atoms with Crippen molar-refractivity contribution < 1.29 is 22.7 Å². The lowest BCUT2D eigenvalue weighted by Crippen LogP contribution is -2.47. The minimum atomic E-state index is -4.04. The predicted molar refractivity (Wildman–Crippen MR) is 88.9 cm³/mol. The van der Waals surface area contributed by atoms with Crippen molar-refractivity contribution in [2.24, 2.45) is 0 Å². The Bertz CT molecular complexity index is 792. The summed E-state index contributed by atoms with van der Waals surface area (Å²) >= 11 is 0. The summed E-state index contributed by atoms with van der Waals surface area (Å²) < 4.78 is 31.3. The zero-order valence-corrected chi connectivity index (χ0v) is 14.8. The van der Waals surface area contributed by atoms with Gasteiger partial charge in [0.05, 0.1) is 12.6 Å². The van der Waals surface area contributed by atoms with Gasteiger partial charge in [-0.15, -0.1) is 0 Å². The van der Waals surface area contributed by atoms with Crippen molar-refractivity contribution in [2.45, 2.75) is 26.3 Å². The van der Waals surface area contributed by atoms with Gasteiger partial charge in [-0.3, -0.25) is 9.59 Å². The van der Waals surface area contributed by atoms with Crippen LogP contribution < -0.4 is 5.32 Å². The predicted octanol–water partition coefficient (Wildman–Crippen LogP) is 1.09. The Labute approximate surface area is 141 Å². The number of nitrogens with zero attached hydrogens (tertiary/aromatic N) is 1. The average molecular weight is 352 g/mol. The molecule has 1 N–H and O–H groups in total. The lowest BCUT2D eigenvalue weighted by molar-refractivity contribution is -0.139. The topological polar surface area (TPSA) is 92.8 Å². The minimum Gasteiger partial charge on any atom is -0.468 e. The van der Waals surface area contributed by atoms with Gasteiger partial charge in [0.25, 0.3) is 15.9 Å². The molecule has 8 heteroatoms. The van der Waals surface area contributed by atoms with E-state index in [1.807, 2.05) is 0 Å². The van der Waals surface area contributed by atoms with Gasteiger partial charge in [-0.2, -0.15) is 0 Å². The van der Waals surface area contributed by atoms with E-state index in [9.17, 15) is 18.0 Å². The van der Waals surface area contributed by atoms with Gasteiger partial charge in [0.15, 0.2) is 0 Å². The molecule has 0 bridgehead atoms. The van der Waals surface area contributed by atoms with E-state index in [1.54, 1.807) is 51.1 Å². The normalized spacial score (nSPS) is 17.2. The third-order valence-electron chi connectivity index (χ3n) is 3.41. The summed E-state index contributed by atoms with van der Waals surface area (Å²) in [4.78, 5) is 24.0. The van der Waals surface area contributed by atoms with Gasteiger partial charge in [0.1, 0.15) is 17.1 Å². The maximum Gasteiger partial charge on any atom is 0.325 e. The second kappa shape index (κ2) is 6.27. The largest absolute Gasteiger partial charge is 0.468 e. The van der Waals surface area contributed by atoms with Gasteiger partial charge in [-0.25, -0.2) is 12.7 Å². The van der Waals surface area contributed by atoms with E-state index in [0.717, 1.165) is 4.31 Å². The van der Waals surface area contributed by atoms with Crippen LogP contribution in [0.2, 0.25) is 0 Å². The van der Waals surface area contributed by atoms with Crippen LogP contribution in [0.25, 0.3) is 4.91 Å². The molecule has 0 fully saturated rings. The highest BCUT2D eigenvalue weighted by Crippen LogP contribution is 2.38. The van der Waals surface area contributed by atoms with Crippen LogP contribution in [0.15, 0.2) is 36.0 Å². The third-order valence-corrected chi connectivity index (χ3v) is 5.56. The summed E-state index contributed by atoms with van der Waals surface area (Å²) in [6.07, 6.45) is 0. The molecule has 7 nitrogen and oxygen atoms in total. The summed E-state index contributed by atoms with van der Waals surface area (Å²) in [5.41, 5.74) is -0.684. The van der Waals surface area contributed by atoms with Crippen molar-refractivity contribution in [3.05, 3.63) is 41.6 Å². The summed E-state index contributed by atoms with van der Waals surface area (Å²) in [7, 11) is -2.83. The van der Waals surface area contributed by atoms with Crippen molar-refractivity contribution in [2.75, 3.05) is 13.7 Å². The van der Waals surface area contributed by atoms with Crippen LogP contribution >= 0.6 is 0 Å². The molecule has 0 radical (unpaired) electrons. The molecule has 0 aromatic heterocycles. The monoisotopic (exact) mass is 352 g/mol. The molecule has 1 aliphatic rings. The number of carbonyl (C=O) groups is 2. The molecule has 2 rings (SSSR count). The van der Waals surface area contributed by atoms with Gasteiger partial charge >= 0.3 is 5.97 Å². The van der Waals surface area contributed by atoms with Gasteiger partial charge in [-0.1, -0.05) is 30.3 Å². The van der Waals surface area contributed by atoms with E-state index >= 15 is 0 Å². The number of rotatable bonds is 4. The van der Waals surface area contributed by atoms with E-state index in [1.165, 1.54) is 7.11 Å². The standard InChI is InChI=1S/C16H20N2O5S/c1-16(2,3)18-15(20)13(17-10-12(19)23-4)14(24(18,21)22)11-8-6-5-7-9-11/h5-9,17H,10H2,1-4H3. The average Bonchev–Trinajstić information content (AvgIpc) is 2.70. The highest BCUT2D eigenvalue weighted by molar-refractivity contribution is 7.99. The van der Waals surface area contributed by atoms with Gasteiger partial charge in [0.2, 0.25) is 0 Å². The first-order valence-corrected chi connectivity index (χ1v) is 8.75. The van der Waals surface area contributed by atoms with Gasteiger partial charge in [0, 0.05) is 0 Å². The van der Waals surface area contributed by atoms with Crippen molar-refractivity contribution in [3.8, 4) is 0 Å². The van der Waals surface area contributed by atoms with E-state index in [0.29, 0.717) is 5.56 Å². The number of carbonyl (C=O) groups excluding carboxylic acids is 2. The van der Waals surface area contributed by atoms with Crippen LogP contribution in [0.1, 0.15) is 26.3 Å². The van der Waals surface area contributed by atoms with Crippen LogP contribution in [-0.4, -0.2) is 43.8 Å². The van der Waals surface area contributed by atoms with Crippen molar-refractivity contribution in [3.63, 3.8) is 0 Å². The Morgan fingerprint density at radius 2 is 1.79 bits per heavy atom. The van der Waals surface area contributed by atoms with Crippen LogP contribution in [0.5, 0.6) is 0 Å². The molecular weight excluding hydrogens is 332 g/mol. The Kier molecular flexibility index (Phi) is 4.70. The summed E-state index contributed by atoms with van der Waals surface area (Å²) in [6.45, 7) is 4.60. The number of ether oxygens (including phenoxy) is 1. The van der Waals surface area contributed by atoms with E-state index < -0.39 is 27.4 Å². The Morgan fingerprint density at radius 1 is 1.21 bits per heavy atom. The smallest absolute Gasteiger partial charge is 0.325 e. The van der Waals surface area contributed by atoms with Crippen molar-refractivity contribution in [1.82, 2.24) is 9.62 Å². The fraction of sp³-hybridized carbons (Fsp3) is 0.375. The van der Waals surface area contributed by atoms with Gasteiger partial charge in [-0.05, 0) is 26.3 Å². The zero-order chi connectivity index (χ0) is 18.1. The molecule has 1 amide bonds. The molecule has 0 spiro atoms. The van der Waals surface area contributed by atoms with Crippen molar-refractivity contribution >= 4 is 26.8 Å². The first kappa shape index (κ1) is 18.0. The highest BCUT2D eigenvalue weighted by Gasteiger charge is 2.49. The summed E-state index contributed by atoms with van der Waals surface area (Å²) in [6, 6.07) is 8.31. The molecule has 0 saturated heterocycles. The molecule has 0 unspecified atom stereocenters. The number of sulfonamides is 1. The Balaban J connectivity index is 2.60. The van der Waals surface area contributed by atoms with Crippen LogP contribution in [0, 0.1) is 0 Å². The van der Waals surface area contributed by atoms with Crippen LogP contribution in [0.4, 0.5) is 0 Å². The second-order valence-corrected chi connectivity index (χ2v) is 7.97. The molecule has 130 valence electrons. The zero-order valence-electron chi connectivity index (χ0n) is 14.0. The van der Waals surface area contributed by atoms with E-state index in [2.05, 4.69) is 10.1 Å². The number of hydrogen-bond donors (Lipinski definition) is 1. The fourth-order valence-electron chi connectivity index (χ4n) is 2.46.